The lowest BCUT2D eigenvalue weighted by Crippen LogP contribution is -2.41. The fourth-order valence-electron chi connectivity index (χ4n) is 3.61. The molecular formula is C20H33FN4O2S2. The number of thiocarbonyl (C=S) groups is 1. The van der Waals surface area contributed by atoms with Crippen LogP contribution >= 0.6 is 12.2 Å². The minimum absolute atomic E-state index is 0.0185. The first kappa shape index (κ1) is 24.0. The summed E-state index contributed by atoms with van der Waals surface area (Å²) in [6, 6.07) is 3.69. The second-order valence-corrected chi connectivity index (χ2v) is 10.0. The Balaban J connectivity index is 1.61. The monoisotopic (exact) mass is 444 g/mol. The van der Waals surface area contributed by atoms with Gasteiger partial charge < -0.3 is 10.6 Å². The van der Waals surface area contributed by atoms with Gasteiger partial charge in [-0.05, 0) is 50.0 Å². The highest BCUT2D eigenvalue weighted by Gasteiger charge is 2.32. The molecule has 1 aromatic heterocycles. The first-order valence-electron chi connectivity index (χ1n) is 10.5. The van der Waals surface area contributed by atoms with E-state index in [1.807, 2.05) is 12.1 Å². The zero-order chi connectivity index (χ0) is 21.0. The molecule has 2 rings (SSSR count). The number of halogens is 1. The molecule has 1 fully saturated rings. The van der Waals surface area contributed by atoms with E-state index in [1.54, 1.807) is 12.4 Å². The van der Waals surface area contributed by atoms with Gasteiger partial charge in [0.2, 0.25) is 10.0 Å². The molecule has 1 aromatic rings. The number of nitrogens with one attached hydrogen (secondary N) is 2. The van der Waals surface area contributed by atoms with E-state index in [1.165, 1.54) is 4.31 Å². The lowest BCUT2D eigenvalue weighted by atomic mass is 10.0. The van der Waals surface area contributed by atoms with Crippen LogP contribution in [-0.2, 0) is 10.0 Å². The molecule has 6 nitrogen and oxygen atoms in total. The molecule has 1 aliphatic carbocycles. The van der Waals surface area contributed by atoms with Gasteiger partial charge in [-0.15, -0.1) is 0 Å². The van der Waals surface area contributed by atoms with Gasteiger partial charge in [-0.3, -0.25) is 4.98 Å². The standard InChI is InChI=1S/C20H33FN4O2S2/c21-12-17-25(29(26,27)19-8-4-3-5-9-19)16-7-2-1-6-13-23-20(28)24-18-10-14-22-15-11-18/h10-11,14-15,19H,1-9,12-13,16-17H2,(H2,22,23,24,28). The highest BCUT2D eigenvalue weighted by atomic mass is 32.2. The summed E-state index contributed by atoms with van der Waals surface area (Å²) in [4.78, 5) is 3.96. The molecule has 1 heterocycles. The highest BCUT2D eigenvalue weighted by Crippen LogP contribution is 2.26. The van der Waals surface area contributed by atoms with Crippen LogP contribution < -0.4 is 10.6 Å². The SMILES string of the molecule is O=S(=O)(C1CCCCC1)N(CCF)CCCCCCNC(=S)Nc1ccncc1. The van der Waals surface area contributed by atoms with Gasteiger partial charge >= 0.3 is 0 Å². The second-order valence-electron chi connectivity index (χ2n) is 7.42. The van der Waals surface area contributed by atoms with Crippen molar-refractivity contribution in [1.82, 2.24) is 14.6 Å². The van der Waals surface area contributed by atoms with Gasteiger partial charge in [-0.2, -0.15) is 4.31 Å². The molecule has 0 spiro atoms. The second kappa shape index (κ2) is 13.1. The number of hydrogen-bond donors (Lipinski definition) is 2. The molecule has 0 aliphatic heterocycles. The van der Waals surface area contributed by atoms with Crippen LogP contribution in [0.15, 0.2) is 24.5 Å². The van der Waals surface area contributed by atoms with Gasteiger partial charge in [0.1, 0.15) is 6.67 Å². The molecule has 0 amide bonds. The summed E-state index contributed by atoms with van der Waals surface area (Å²) in [5.74, 6) is 0. The largest absolute Gasteiger partial charge is 0.362 e. The molecule has 2 N–H and O–H groups in total. The van der Waals surface area contributed by atoms with Gasteiger partial charge in [-0.25, -0.2) is 12.8 Å². The van der Waals surface area contributed by atoms with Crippen LogP contribution in [0.25, 0.3) is 0 Å². The van der Waals surface area contributed by atoms with Crippen LogP contribution in [0.5, 0.6) is 0 Å². The number of anilines is 1. The minimum atomic E-state index is -3.37. The third-order valence-corrected chi connectivity index (χ3v) is 7.87. The van der Waals surface area contributed by atoms with E-state index < -0.39 is 16.7 Å². The molecule has 0 radical (unpaired) electrons. The fraction of sp³-hybridized carbons (Fsp3) is 0.700. The zero-order valence-electron chi connectivity index (χ0n) is 17.0. The van der Waals surface area contributed by atoms with Gasteiger partial charge in [0.25, 0.3) is 0 Å². The Labute approximate surface area is 179 Å². The van der Waals surface area contributed by atoms with E-state index in [2.05, 4.69) is 15.6 Å². The van der Waals surface area contributed by atoms with Crippen molar-refractivity contribution in [3.05, 3.63) is 24.5 Å². The zero-order valence-corrected chi connectivity index (χ0v) is 18.6. The Morgan fingerprint density at radius 2 is 1.79 bits per heavy atom. The third kappa shape index (κ3) is 8.52. The maximum absolute atomic E-state index is 12.9. The summed E-state index contributed by atoms with van der Waals surface area (Å²) in [6.07, 6.45) is 11.4. The average Bonchev–Trinajstić information content (AvgIpc) is 2.73. The predicted molar refractivity (Wildman–Crippen MR) is 120 cm³/mol. The lowest BCUT2D eigenvalue weighted by Gasteiger charge is -2.29. The van der Waals surface area contributed by atoms with Crippen LogP contribution in [0.1, 0.15) is 57.8 Å². The number of unbranched alkanes of at least 4 members (excludes halogenated alkanes) is 3. The van der Waals surface area contributed by atoms with Gasteiger partial charge in [0.15, 0.2) is 5.11 Å². The smallest absolute Gasteiger partial charge is 0.217 e. The molecule has 1 aliphatic rings. The number of alkyl halides is 1. The molecule has 164 valence electrons. The van der Waals surface area contributed by atoms with Gasteiger partial charge in [0.05, 0.1) is 5.25 Å². The number of aromatic nitrogens is 1. The van der Waals surface area contributed by atoms with Crippen molar-refractivity contribution in [2.24, 2.45) is 0 Å². The van der Waals surface area contributed by atoms with E-state index >= 15 is 0 Å². The van der Waals surface area contributed by atoms with Gasteiger partial charge in [0, 0.05) is 37.7 Å². The summed E-state index contributed by atoms with van der Waals surface area (Å²) in [7, 11) is -3.37. The van der Waals surface area contributed by atoms with Crippen molar-refractivity contribution in [3.8, 4) is 0 Å². The van der Waals surface area contributed by atoms with Crippen LogP contribution in [0.3, 0.4) is 0 Å². The normalized spacial score (nSPS) is 15.4. The molecular weight excluding hydrogens is 411 g/mol. The Hall–Kier alpha value is -1.32. The summed E-state index contributed by atoms with van der Waals surface area (Å²) >= 11 is 5.25. The quantitative estimate of drug-likeness (QED) is 0.377. The Kier molecular flexibility index (Phi) is 10.8. The molecule has 0 aromatic carbocycles. The lowest BCUT2D eigenvalue weighted by molar-refractivity contribution is 0.339. The van der Waals surface area contributed by atoms with E-state index in [0.717, 1.165) is 57.2 Å². The Bertz CT molecular complexity index is 698. The van der Waals surface area contributed by atoms with Crippen molar-refractivity contribution in [1.29, 1.82) is 0 Å². The maximum Gasteiger partial charge on any atom is 0.217 e. The number of rotatable bonds is 12. The Morgan fingerprint density at radius 3 is 2.48 bits per heavy atom. The molecule has 29 heavy (non-hydrogen) atoms. The molecule has 0 bridgehead atoms. The van der Waals surface area contributed by atoms with Crippen LogP contribution in [0.2, 0.25) is 0 Å². The predicted octanol–water partition coefficient (Wildman–Crippen LogP) is 3.86. The Morgan fingerprint density at radius 1 is 1.10 bits per heavy atom. The number of nitrogens with zero attached hydrogens (tertiary/aromatic N) is 2. The van der Waals surface area contributed by atoms with E-state index in [9.17, 15) is 12.8 Å². The molecule has 1 saturated carbocycles. The topological polar surface area (TPSA) is 74.3 Å². The maximum atomic E-state index is 12.9. The van der Waals surface area contributed by atoms with Crippen molar-refractivity contribution in [2.75, 3.05) is 31.6 Å². The first-order valence-corrected chi connectivity index (χ1v) is 12.4. The summed E-state index contributed by atoms with van der Waals surface area (Å²) in [6.45, 7) is 0.525. The van der Waals surface area contributed by atoms with Crippen molar-refractivity contribution < 1.29 is 12.8 Å². The number of sulfonamides is 1. The number of pyridine rings is 1. The van der Waals surface area contributed by atoms with E-state index in [4.69, 9.17) is 12.2 Å². The first-order chi connectivity index (χ1) is 14.0. The summed E-state index contributed by atoms with van der Waals surface area (Å²) < 4.78 is 39.9. The minimum Gasteiger partial charge on any atom is -0.362 e. The van der Waals surface area contributed by atoms with Gasteiger partial charge in [-0.1, -0.05) is 32.1 Å². The summed E-state index contributed by atoms with van der Waals surface area (Å²) in [5.41, 5.74) is 0.893. The third-order valence-electron chi connectivity index (χ3n) is 5.23. The highest BCUT2D eigenvalue weighted by molar-refractivity contribution is 7.89. The van der Waals surface area contributed by atoms with E-state index in [-0.39, 0.29) is 11.8 Å². The van der Waals surface area contributed by atoms with E-state index in [0.29, 0.717) is 24.5 Å². The van der Waals surface area contributed by atoms with Crippen molar-refractivity contribution in [2.45, 2.75) is 63.0 Å². The molecule has 9 heteroatoms. The molecule has 0 atom stereocenters. The van der Waals surface area contributed by atoms with Crippen molar-refractivity contribution >= 4 is 33.0 Å². The molecule has 0 saturated heterocycles. The van der Waals surface area contributed by atoms with Crippen LogP contribution in [0.4, 0.5) is 10.1 Å². The van der Waals surface area contributed by atoms with Crippen molar-refractivity contribution in [3.63, 3.8) is 0 Å². The summed E-state index contributed by atoms with van der Waals surface area (Å²) in [5, 5.41) is 6.51. The van der Waals surface area contributed by atoms with Crippen LogP contribution in [0, 0.1) is 0 Å². The average molecular weight is 445 g/mol. The molecule has 0 unspecified atom stereocenters. The van der Waals surface area contributed by atoms with Crippen LogP contribution in [-0.4, -0.2) is 54.4 Å². The fourth-order valence-corrected chi connectivity index (χ4v) is 5.89. The number of hydrogen-bond acceptors (Lipinski definition) is 4.